The summed E-state index contributed by atoms with van der Waals surface area (Å²) in [5, 5.41) is 13.8. The number of benzene rings is 2. The first-order valence-electron chi connectivity index (χ1n) is 10.2. The Bertz CT molecular complexity index is 1140. The molecule has 1 unspecified atom stereocenters. The first-order valence-corrected chi connectivity index (χ1v) is 11.1. The van der Waals surface area contributed by atoms with Gasteiger partial charge in [-0.25, -0.2) is 0 Å². The van der Waals surface area contributed by atoms with E-state index in [4.69, 9.17) is 9.26 Å². The van der Waals surface area contributed by atoms with Crippen LogP contribution in [0.15, 0.2) is 58.2 Å². The third-order valence-corrected chi connectivity index (χ3v) is 5.89. The molecule has 0 aliphatic carbocycles. The Morgan fingerprint density at radius 3 is 2.48 bits per heavy atom. The van der Waals surface area contributed by atoms with Crippen molar-refractivity contribution in [2.45, 2.75) is 44.0 Å². The minimum atomic E-state index is -0.0600. The van der Waals surface area contributed by atoms with Crippen LogP contribution in [0.3, 0.4) is 0 Å². The van der Waals surface area contributed by atoms with Gasteiger partial charge in [0.1, 0.15) is 5.75 Å². The van der Waals surface area contributed by atoms with Gasteiger partial charge in [-0.2, -0.15) is 4.98 Å². The monoisotopic (exact) mass is 435 g/mol. The Balaban J connectivity index is 1.71. The molecule has 0 aliphatic rings. The van der Waals surface area contributed by atoms with Gasteiger partial charge in [-0.05, 0) is 56.7 Å². The number of ether oxygens (including phenoxy) is 1. The van der Waals surface area contributed by atoms with Crippen LogP contribution in [0.25, 0.3) is 17.1 Å². The van der Waals surface area contributed by atoms with Gasteiger partial charge in [0.2, 0.25) is 5.89 Å². The highest BCUT2D eigenvalue weighted by atomic mass is 32.2. The molecule has 4 rings (SSSR count). The van der Waals surface area contributed by atoms with Crippen LogP contribution in [-0.4, -0.2) is 32.0 Å². The molecule has 0 fully saturated rings. The molecule has 2 aromatic carbocycles. The average molecular weight is 436 g/mol. The summed E-state index contributed by atoms with van der Waals surface area (Å²) in [7, 11) is 1.66. The molecule has 8 heteroatoms. The minimum Gasteiger partial charge on any atom is -0.497 e. The number of methoxy groups -OCH3 is 1. The van der Waals surface area contributed by atoms with Crippen molar-refractivity contribution in [2.75, 3.05) is 7.11 Å². The summed E-state index contributed by atoms with van der Waals surface area (Å²) in [6.07, 6.45) is 1.79. The smallest absolute Gasteiger partial charge is 0.239 e. The third-order valence-electron chi connectivity index (χ3n) is 4.86. The largest absolute Gasteiger partial charge is 0.497 e. The summed E-state index contributed by atoms with van der Waals surface area (Å²) >= 11 is 1.55. The molecule has 0 aliphatic heterocycles. The molecule has 7 nitrogen and oxygen atoms in total. The lowest BCUT2D eigenvalue weighted by molar-refractivity contribution is 0.374. The Kier molecular flexibility index (Phi) is 6.36. The fourth-order valence-corrected chi connectivity index (χ4v) is 4.06. The normalized spacial score (nSPS) is 12.1. The van der Waals surface area contributed by atoms with Crippen LogP contribution in [0.4, 0.5) is 0 Å². The second-order valence-electron chi connectivity index (χ2n) is 7.26. The van der Waals surface area contributed by atoms with Crippen molar-refractivity contribution < 1.29 is 9.26 Å². The molecule has 0 N–H and O–H groups in total. The molecule has 31 heavy (non-hydrogen) atoms. The zero-order valence-corrected chi connectivity index (χ0v) is 18.9. The molecule has 0 amide bonds. The number of aryl methyl sites for hydroxylation is 2. The number of hydrogen-bond acceptors (Lipinski definition) is 7. The predicted octanol–water partition coefficient (Wildman–Crippen LogP) is 5.44. The first-order chi connectivity index (χ1) is 15.1. The molecule has 0 radical (unpaired) electrons. The van der Waals surface area contributed by atoms with Crippen LogP contribution in [0.5, 0.6) is 5.75 Å². The maximum Gasteiger partial charge on any atom is 0.239 e. The Morgan fingerprint density at radius 2 is 1.81 bits per heavy atom. The molecular formula is C23H25N5O2S. The topological polar surface area (TPSA) is 78.9 Å². The van der Waals surface area contributed by atoms with E-state index in [0.717, 1.165) is 46.6 Å². The van der Waals surface area contributed by atoms with E-state index in [2.05, 4.69) is 63.0 Å². The summed E-state index contributed by atoms with van der Waals surface area (Å²) in [5.74, 6) is 2.90. The molecule has 2 heterocycles. The Labute approximate surface area is 185 Å². The quantitative estimate of drug-likeness (QED) is 0.341. The van der Waals surface area contributed by atoms with Gasteiger partial charge < -0.3 is 9.26 Å². The standard InChI is InChI=1S/C23H25N5O2S/c1-5-6-20-24-22(30-27-20)16(3)31-23-26-25-21(17-9-13-19(29-4)14-10-17)28(23)18-11-7-15(2)8-12-18/h7-14,16H,5-6H2,1-4H3. The van der Waals surface area contributed by atoms with Crippen molar-refractivity contribution in [3.05, 3.63) is 65.8 Å². The van der Waals surface area contributed by atoms with E-state index in [0.29, 0.717) is 5.89 Å². The van der Waals surface area contributed by atoms with E-state index >= 15 is 0 Å². The lowest BCUT2D eigenvalue weighted by atomic mass is 10.2. The molecule has 0 saturated carbocycles. The van der Waals surface area contributed by atoms with Crippen molar-refractivity contribution in [1.29, 1.82) is 0 Å². The lowest BCUT2D eigenvalue weighted by Gasteiger charge is -2.12. The van der Waals surface area contributed by atoms with Crippen LogP contribution < -0.4 is 4.74 Å². The fraction of sp³-hybridized carbons (Fsp3) is 0.304. The van der Waals surface area contributed by atoms with Gasteiger partial charge >= 0.3 is 0 Å². The Morgan fingerprint density at radius 1 is 1.06 bits per heavy atom. The van der Waals surface area contributed by atoms with Gasteiger partial charge in [0.15, 0.2) is 16.8 Å². The van der Waals surface area contributed by atoms with Crippen LogP contribution in [0.1, 0.15) is 42.8 Å². The number of nitrogens with zero attached hydrogens (tertiary/aromatic N) is 5. The highest BCUT2D eigenvalue weighted by molar-refractivity contribution is 7.99. The van der Waals surface area contributed by atoms with Crippen molar-refractivity contribution >= 4 is 11.8 Å². The maximum absolute atomic E-state index is 5.48. The van der Waals surface area contributed by atoms with Gasteiger partial charge in [0.25, 0.3) is 0 Å². The SMILES string of the molecule is CCCc1noc(C(C)Sc2nnc(-c3ccc(OC)cc3)n2-c2ccc(C)cc2)n1. The molecular weight excluding hydrogens is 410 g/mol. The van der Waals surface area contributed by atoms with E-state index in [1.54, 1.807) is 18.9 Å². The van der Waals surface area contributed by atoms with E-state index in [1.165, 1.54) is 5.56 Å². The molecule has 0 saturated heterocycles. The molecule has 0 bridgehead atoms. The average Bonchev–Trinajstić information content (AvgIpc) is 3.42. The van der Waals surface area contributed by atoms with E-state index in [9.17, 15) is 0 Å². The van der Waals surface area contributed by atoms with Gasteiger partial charge in [0.05, 0.1) is 12.4 Å². The zero-order valence-electron chi connectivity index (χ0n) is 18.1. The van der Waals surface area contributed by atoms with Crippen LogP contribution >= 0.6 is 11.8 Å². The van der Waals surface area contributed by atoms with Gasteiger partial charge in [-0.15, -0.1) is 10.2 Å². The van der Waals surface area contributed by atoms with Crippen molar-refractivity contribution in [1.82, 2.24) is 24.9 Å². The molecule has 4 aromatic rings. The van der Waals surface area contributed by atoms with Crippen molar-refractivity contribution in [2.24, 2.45) is 0 Å². The molecule has 2 aromatic heterocycles. The molecule has 160 valence electrons. The highest BCUT2D eigenvalue weighted by Crippen LogP contribution is 2.36. The van der Waals surface area contributed by atoms with E-state index in [-0.39, 0.29) is 5.25 Å². The number of aromatic nitrogens is 5. The number of rotatable bonds is 8. The van der Waals surface area contributed by atoms with Gasteiger partial charge in [-0.1, -0.05) is 41.5 Å². The lowest BCUT2D eigenvalue weighted by Crippen LogP contribution is -2.01. The summed E-state index contributed by atoms with van der Waals surface area (Å²) in [6.45, 7) is 6.20. The maximum atomic E-state index is 5.48. The van der Waals surface area contributed by atoms with Crippen LogP contribution in [0.2, 0.25) is 0 Å². The van der Waals surface area contributed by atoms with Gasteiger partial charge in [-0.3, -0.25) is 4.57 Å². The van der Waals surface area contributed by atoms with Gasteiger partial charge in [0, 0.05) is 17.7 Å². The van der Waals surface area contributed by atoms with Crippen LogP contribution in [-0.2, 0) is 6.42 Å². The van der Waals surface area contributed by atoms with E-state index in [1.807, 2.05) is 31.2 Å². The molecule has 0 spiro atoms. The highest BCUT2D eigenvalue weighted by Gasteiger charge is 2.22. The zero-order chi connectivity index (χ0) is 21.8. The molecule has 1 atom stereocenters. The van der Waals surface area contributed by atoms with E-state index < -0.39 is 0 Å². The second kappa shape index (κ2) is 9.34. The summed E-state index contributed by atoms with van der Waals surface area (Å²) < 4.78 is 12.8. The number of thioether (sulfide) groups is 1. The van der Waals surface area contributed by atoms with Crippen molar-refractivity contribution in [3.8, 4) is 22.8 Å². The van der Waals surface area contributed by atoms with Crippen LogP contribution in [0, 0.1) is 6.92 Å². The minimum absolute atomic E-state index is 0.0600. The number of hydrogen-bond donors (Lipinski definition) is 0. The summed E-state index contributed by atoms with van der Waals surface area (Å²) in [4.78, 5) is 4.52. The predicted molar refractivity (Wildman–Crippen MR) is 121 cm³/mol. The Hall–Kier alpha value is -3.13. The second-order valence-corrected chi connectivity index (χ2v) is 8.57. The first kappa shape index (κ1) is 21.1. The summed E-state index contributed by atoms with van der Waals surface area (Å²) in [6, 6.07) is 16.1. The summed E-state index contributed by atoms with van der Waals surface area (Å²) in [5.41, 5.74) is 3.14. The van der Waals surface area contributed by atoms with Crippen molar-refractivity contribution in [3.63, 3.8) is 0 Å². The fourth-order valence-electron chi connectivity index (χ4n) is 3.17. The third kappa shape index (κ3) is 4.64.